The summed E-state index contributed by atoms with van der Waals surface area (Å²) >= 11 is 0. The van der Waals surface area contributed by atoms with Crippen LogP contribution in [0.1, 0.15) is 22.3 Å². The molecule has 0 bridgehead atoms. The Balaban J connectivity index is 2.27. The highest BCUT2D eigenvalue weighted by atomic mass is 28.3. The minimum atomic E-state index is -4.36. The lowest BCUT2D eigenvalue weighted by molar-refractivity contribution is -0.137. The Hall–Kier alpha value is -2.41. The van der Waals surface area contributed by atoms with Gasteiger partial charge in [0.25, 0.3) is 0 Å². The predicted molar refractivity (Wildman–Crippen MR) is 109 cm³/mol. The zero-order valence-corrected chi connectivity index (χ0v) is 17.9. The first kappa shape index (κ1) is 20.3. The highest BCUT2D eigenvalue weighted by Gasteiger charge is 2.32. The second-order valence-electron chi connectivity index (χ2n) is 8.27. The van der Waals surface area contributed by atoms with Crippen LogP contribution in [0.25, 0.3) is 16.9 Å². The summed E-state index contributed by atoms with van der Waals surface area (Å²) < 4.78 is 40.8. The van der Waals surface area contributed by atoms with Crippen LogP contribution in [0, 0.1) is 20.8 Å². The standard InChI is InChI=1S/C21H24F3N3Si/c1-13-11-14(2)18(15(3)12-13)27-19(20(25-26-27)28(4,5)6)16-7-9-17(10-8-16)21(22,23)24/h7-12H,1-6H3. The Morgan fingerprint density at radius 3 is 1.89 bits per heavy atom. The van der Waals surface area contributed by atoms with Crippen molar-refractivity contribution < 1.29 is 13.2 Å². The molecule has 3 rings (SSSR count). The van der Waals surface area contributed by atoms with E-state index in [2.05, 4.69) is 42.1 Å². The van der Waals surface area contributed by atoms with Crippen molar-refractivity contribution in [1.29, 1.82) is 0 Å². The molecular weight excluding hydrogens is 379 g/mol. The smallest absolute Gasteiger partial charge is 0.212 e. The van der Waals surface area contributed by atoms with Gasteiger partial charge in [-0.3, -0.25) is 0 Å². The topological polar surface area (TPSA) is 30.7 Å². The molecule has 28 heavy (non-hydrogen) atoms. The maximum atomic E-state index is 13.0. The van der Waals surface area contributed by atoms with E-state index in [-0.39, 0.29) is 0 Å². The molecule has 0 atom stereocenters. The molecule has 0 saturated heterocycles. The molecular formula is C21H24F3N3Si. The predicted octanol–water partition coefficient (Wildman–Crippen LogP) is 5.42. The summed E-state index contributed by atoms with van der Waals surface area (Å²) in [6.07, 6.45) is -4.36. The average molecular weight is 404 g/mol. The van der Waals surface area contributed by atoms with Crippen LogP contribution in [0.2, 0.25) is 19.6 Å². The van der Waals surface area contributed by atoms with Crippen LogP contribution < -0.4 is 5.32 Å². The van der Waals surface area contributed by atoms with Crippen LogP contribution in [-0.4, -0.2) is 23.1 Å². The van der Waals surface area contributed by atoms with Gasteiger partial charge in [-0.2, -0.15) is 13.2 Å². The molecule has 0 saturated carbocycles. The van der Waals surface area contributed by atoms with E-state index in [1.165, 1.54) is 12.1 Å². The highest BCUT2D eigenvalue weighted by molar-refractivity contribution is 6.89. The summed E-state index contributed by atoms with van der Waals surface area (Å²) in [5, 5.41) is 9.78. The molecule has 0 unspecified atom stereocenters. The lowest BCUT2D eigenvalue weighted by atomic mass is 10.0. The Morgan fingerprint density at radius 1 is 0.893 bits per heavy atom. The number of aryl methyl sites for hydroxylation is 3. The normalized spacial score (nSPS) is 12.5. The van der Waals surface area contributed by atoms with Crippen LogP contribution >= 0.6 is 0 Å². The van der Waals surface area contributed by atoms with Gasteiger partial charge in [-0.05, 0) is 44.0 Å². The second-order valence-corrected chi connectivity index (χ2v) is 13.2. The maximum Gasteiger partial charge on any atom is 0.416 e. The van der Waals surface area contributed by atoms with E-state index in [1.54, 1.807) is 4.68 Å². The van der Waals surface area contributed by atoms with Crippen LogP contribution in [0.4, 0.5) is 13.2 Å². The number of nitrogens with zero attached hydrogens (tertiary/aromatic N) is 3. The van der Waals surface area contributed by atoms with E-state index in [0.717, 1.165) is 45.5 Å². The lowest BCUT2D eigenvalue weighted by Crippen LogP contribution is -2.40. The summed E-state index contributed by atoms with van der Waals surface area (Å²) in [4.78, 5) is 0. The average Bonchev–Trinajstić information content (AvgIpc) is 2.98. The van der Waals surface area contributed by atoms with Gasteiger partial charge in [0.1, 0.15) is 8.07 Å². The van der Waals surface area contributed by atoms with Gasteiger partial charge < -0.3 is 0 Å². The molecule has 0 N–H and O–H groups in total. The second kappa shape index (κ2) is 6.88. The quantitative estimate of drug-likeness (QED) is 0.547. The van der Waals surface area contributed by atoms with E-state index >= 15 is 0 Å². The highest BCUT2D eigenvalue weighted by Crippen LogP contribution is 2.32. The molecule has 0 aliphatic rings. The number of hydrogen-bond acceptors (Lipinski definition) is 2. The first-order valence-electron chi connectivity index (χ1n) is 9.11. The van der Waals surface area contributed by atoms with Crippen molar-refractivity contribution in [2.75, 3.05) is 0 Å². The van der Waals surface area contributed by atoms with Gasteiger partial charge in [0.15, 0.2) is 0 Å². The van der Waals surface area contributed by atoms with Crippen molar-refractivity contribution in [2.24, 2.45) is 0 Å². The SMILES string of the molecule is Cc1cc(C)c(-n2nnc([Si](C)(C)C)c2-c2ccc(C(F)(F)F)cc2)c(C)c1. The van der Waals surface area contributed by atoms with Crippen molar-refractivity contribution in [1.82, 2.24) is 15.0 Å². The van der Waals surface area contributed by atoms with Crippen molar-refractivity contribution in [2.45, 2.75) is 46.6 Å². The minimum absolute atomic E-state index is 0.660. The molecule has 0 spiro atoms. The molecule has 1 heterocycles. The van der Waals surface area contributed by atoms with Gasteiger partial charge in [0, 0.05) is 5.56 Å². The molecule has 148 valence electrons. The zero-order chi connectivity index (χ0) is 20.9. The molecule has 0 radical (unpaired) electrons. The van der Waals surface area contributed by atoms with Gasteiger partial charge in [-0.15, -0.1) is 5.10 Å². The van der Waals surface area contributed by atoms with E-state index in [4.69, 9.17) is 0 Å². The van der Waals surface area contributed by atoms with Crippen LogP contribution in [0.5, 0.6) is 0 Å². The number of benzene rings is 2. The number of hydrogen-bond donors (Lipinski definition) is 0. The Morgan fingerprint density at radius 2 is 1.43 bits per heavy atom. The molecule has 2 aromatic carbocycles. The van der Waals surface area contributed by atoms with Gasteiger partial charge in [-0.1, -0.05) is 54.7 Å². The molecule has 1 aromatic heterocycles. The summed E-state index contributed by atoms with van der Waals surface area (Å²) in [6, 6.07) is 9.43. The van der Waals surface area contributed by atoms with Crippen molar-refractivity contribution >= 4 is 13.4 Å². The number of alkyl halides is 3. The zero-order valence-electron chi connectivity index (χ0n) is 16.9. The fourth-order valence-corrected chi connectivity index (χ4v) is 4.83. The molecule has 7 heteroatoms. The van der Waals surface area contributed by atoms with E-state index < -0.39 is 19.8 Å². The third-order valence-electron chi connectivity index (χ3n) is 4.71. The lowest BCUT2D eigenvalue weighted by Gasteiger charge is -2.18. The van der Waals surface area contributed by atoms with Crippen LogP contribution in [0.15, 0.2) is 36.4 Å². The summed E-state index contributed by atoms with van der Waals surface area (Å²) in [6.45, 7) is 12.5. The molecule has 0 amide bonds. The molecule has 3 aromatic rings. The van der Waals surface area contributed by atoms with Crippen LogP contribution in [-0.2, 0) is 6.18 Å². The van der Waals surface area contributed by atoms with Gasteiger partial charge >= 0.3 is 6.18 Å². The van der Waals surface area contributed by atoms with Gasteiger partial charge in [-0.25, -0.2) is 4.68 Å². The van der Waals surface area contributed by atoms with E-state index in [9.17, 15) is 13.2 Å². The Kier molecular flexibility index (Phi) is 4.99. The minimum Gasteiger partial charge on any atom is -0.212 e. The summed E-state index contributed by atoms with van der Waals surface area (Å²) in [5.41, 5.74) is 5.00. The monoisotopic (exact) mass is 403 g/mol. The first-order valence-corrected chi connectivity index (χ1v) is 12.6. The van der Waals surface area contributed by atoms with Crippen molar-refractivity contribution in [3.8, 4) is 16.9 Å². The fourth-order valence-electron chi connectivity index (χ4n) is 3.53. The third-order valence-corrected chi connectivity index (χ3v) is 6.47. The van der Waals surface area contributed by atoms with Crippen molar-refractivity contribution in [3.63, 3.8) is 0 Å². The van der Waals surface area contributed by atoms with Gasteiger partial charge in [0.2, 0.25) is 0 Å². The largest absolute Gasteiger partial charge is 0.416 e. The molecule has 0 aliphatic heterocycles. The van der Waals surface area contributed by atoms with Crippen LogP contribution in [0.3, 0.4) is 0 Å². The third kappa shape index (κ3) is 3.76. The number of aromatic nitrogens is 3. The Bertz CT molecular complexity index is 990. The maximum absolute atomic E-state index is 13.0. The number of rotatable bonds is 3. The molecule has 0 fully saturated rings. The molecule has 0 aliphatic carbocycles. The summed E-state index contributed by atoms with van der Waals surface area (Å²) in [5.74, 6) is 0. The number of halogens is 3. The van der Waals surface area contributed by atoms with E-state index in [0.29, 0.717) is 5.56 Å². The van der Waals surface area contributed by atoms with Gasteiger partial charge in [0.05, 0.1) is 22.3 Å². The van der Waals surface area contributed by atoms with E-state index in [1.807, 2.05) is 20.8 Å². The first-order chi connectivity index (χ1) is 12.9. The fraction of sp³-hybridized carbons (Fsp3) is 0.333. The Labute approximate surface area is 164 Å². The van der Waals surface area contributed by atoms with Crippen molar-refractivity contribution in [3.05, 3.63) is 58.7 Å². The summed E-state index contributed by atoms with van der Waals surface area (Å²) in [7, 11) is -1.89. The molecule has 3 nitrogen and oxygen atoms in total.